The summed E-state index contributed by atoms with van der Waals surface area (Å²) in [6.07, 6.45) is 5.47. The summed E-state index contributed by atoms with van der Waals surface area (Å²) in [5.74, 6) is -0.347. The smallest absolute Gasteiger partial charge is 0.294 e. The molecule has 32 heavy (non-hydrogen) atoms. The lowest BCUT2D eigenvalue weighted by Gasteiger charge is -2.36. The van der Waals surface area contributed by atoms with Crippen molar-refractivity contribution in [3.05, 3.63) is 46.6 Å². The molecule has 168 valence electrons. The van der Waals surface area contributed by atoms with E-state index in [1.165, 1.54) is 0 Å². The SMILES string of the molecule is Cc1ncc(NC(=O)CN2CCC(C)(C)CC2)cc1NC(=O)c1nnc2cc(Br)ccn12. The number of aryl methyl sites for hydroxylation is 1. The van der Waals surface area contributed by atoms with Gasteiger partial charge in [-0.25, -0.2) is 0 Å². The van der Waals surface area contributed by atoms with E-state index in [9.17, 15) is 9.59 Å². The van der Waals surface area contributed by atoms with E-state index in [1.54, 1.807) is 41.9 Å². The van der Waals surface area contributed by atoms with Crippen molar-refractivity contribution in [3.8, 4) is 0 Å². The van der Waals surface area contributed by atoms with Crippen molar-refractivity contribution < 1.29 is 9.59 Å². The van der Waals surface area contributed by atoms with E-state index < -0.39 is 5.91 Å². The summed E-state index contributed by atoms with van der Waals surface area (Å²) in [7, 11) is 0. The molecule has 4 heterocycles. The van der Waals surface area contributed by atoms with Gasteiger partial charge in [-0.2, -0.15) is 0 Å². The van der Waals surface area contributed by atoms with Crippen LogP contribution in [0.15, 0.2) is 35.1 Å². The monoisotopic (exact) mass is 499 g/mol. The summed E-state index contributed by atoms with van der Waals surface area (Å²) < 4.78 is 2.45. The van der Waals surface area contributed by atoms with E-state index in [0.29, 0.717) is 34.7 Å². The Labute approximate surface area is 194 Å². The van der Waals surface area contributed by atoms with Crippen LogP contribution in [0.5, 0.6) is 0 Å². The van der Waals surface area contributed by atoms with Crippen molar-refractivity contribution in [1.29, 1.82) is 0 Å². The van der Waals surface area contributed by atoms with E-state index >= 15 is 0 Å². The summed E-state index contributed by atoms with van der Waals surface area (Å²) in [6, 6.07) is 5.28. The van der Waals surface area contributed by atoms with Crippen molar-refractivity contribution >= 4 is 44.8 Å². The highest BCUT2D eigenvalue weighted by Gasteiger charge is 2.26. The Hall–Kier alpha value is -2.85. The third-order valence-electron chi connectivity index (χ3n) is 5.77. The first-order chi connectivity index (χ1) is 15.2. The molecule has 0 saturated carbocycles. The number of nitrogens with one attached hydrogen (secondary N) is 2. The third kappa shape index (κ3) is 5.13. The van der Waals surface area contributed by atoms with Gasteiger partial charge < -0.3 is 10.6 Å². The summed E-state index contributed by atoms with van der Waals surface area (Å²) in [5.41, 5.74) is 2.56. The maximum atomic E-state index is 12.8. The van der Waals surface area contributed by atoms with Gasteiger partial charge in [0.2, 0.25) is 11.7 Å². The fourth-order valence-electron chi connectivity index (χ4n) is 3.65. The van der Waals surface area contributed by atoms with Crippen molar-refractivity contribution in [2.24, 2.45) is 5.41 Å². The Morgan fingerprint density at radius 2 is 1.91 bits per heavy atom. The number of anilines is 2. The Morgan fingerprint density at radius 1 is 1.16 bits per heavy atom. The first-order valence-electron chi connectivity index (χ1n) is 10.5. The van der Waals surface area contributed by atoms with Crippen LogP contribution in [0, 0.1) is 12.3 Å². The second kappa shape index (κ2) is 8.95. The molecular weight excluding hydrogens is 474 g/mol. The molecular formula is C22H26BrN7O2. The highest BCUT2D eigenvalue weighted by Crippen LogP contribution is 2.29. The van der Waals surface area contributed by atoms with Crippen molar-refractivity contribution in [3.63, 3.8) is 0 Å². The Balaban J connectivity index is 1.42. The van der Waals surface area contributed by atoms with Crippen molar-refractivity contribution in [2.45, 2.75) is 33.6 Å². The van der Waals surface area contributed by atoms with E-state index in [1.807, 2.05) is 0 Å². The zero-order valence-corrected chi connectivity index (χ0v) is 19.9. The highest BCUT2D eigenvalue weighted by atomic mass is 79.9. The first kappa shape index (κ1) is 22.3. The lowest BCUT2D eigenvalue weighted by molar-refractivity contribution is -0.117. The van der Waals surface area contributed by atoms with Crippen LogP contribution < -0.4 is 10.6 Å². The molecule has 0 aromatic carbocycles. The van der Waals surface area contributed by atoms with Crippen LogP contribution in [0.1, 0.15) is 43.0 Å². The van der Waals surface area contributed by atoms with Gasteiger partial charge in [0.05, 0.1) is 29.8 Å². The molecule has 0 aliphatic carbocycles. The maximum absolute atomic E-state index is 12.8. The minimum absolute atomic E-state index is 0.0957. The van der Waals surface area contributed by atoms with Crippen molar-refractivity contribution in [2.75, 3.05) is 30.3 Å². The predicted molar refractivity (Wildman–Crippen MR) is 126 cm³/mol. The van der Waals surface area contributed by atoms with Crippen molar-refractivity contribution in [1.82, 2.24) is 24.5 Å². The number of piperidine rings is 1. The average molecular weight is 500 g/mol. The second-order valence-corrected chi connectivity index (χ2v) is 9.81. The zero-order chi connectivity index (χ0) is 22.9. The number of hydrogen-bond donors (Lipinski definition) is 2. The first-order valence-corrected chi connectivity index (χ1v) is 11.3. The standard InChI is InChI=1S/C22H26BrN7O2/c1-14-17(26-21(32)20-28-27-18-10-15(23)4-7-30(18)20)11-16(12-24-14)25-19(31)13-29-8-5-22(2,3)6-9-29/h4,7,10-12H,5-6,8-9,13H2,1-3H3,(H,25,31)(H,26,32). The van der Waals surface area contributed by atoms with E-state index in [2.05, 4.69) is 60.5 Å². The lowest BCUT2D eigenvalue weighted by atomic mass is 9.83. The summed E-state index contributed by atoms with van der Waals surface area (Å²) in [4.78, 5) is 31.8. The van der Waals surface area contributed by atoms with Gasteiger partial charge in [0.1, 0.15) is 0 Å². The van der Waals surface area contributed by atoms with Gasteiger partial charge >= 0.3 is 0 Å². The minimum atomic E-state index is -0.413. The van der Waals surface area contributed by atoms with Crippen LogP contribution >= 0.6 is 15.9 Å². The molecule has 10 heteroatoms. The molecule has 1 aliphatic heterocycles. The molecule has 1 aliphatic rings. The quantitative estimate of drug-likeness (QED) is 0.556. The number of likely N-dealkylation sites (tertiary alicyclic amines) is 1. The Bertz CT molecular complexity index is 1160. The summed E-state index contributed by atoms with van der Waals surface area (Å²) >= 11 is 3.38. The summed E-state index contributed by atoms with van der Waals surface area (Å²) in [5, 5.41) is 13.7. The van der Waals surface area contributed by atoms with Gasteiger partial charge in [0.25, 0.3) is 5.91 Å². The van der Waals surface area contributed by atoms with E-state index in [0.717, 1.165) is 30.4 Å². The number of rotatable bonds is 5. The fraction of sp³-hybridized carbons (Fsp3) is 0.409. The van der Waals surface area contributed by atoms with Gasteiger partial charge in [0, 0.05) is 10.7 Å². The van der Waals surface area contributed by atoms with Gasteiger partial charge in [-0.05, 0) is 56.5 Å². The molecule has 0 spiro atoms. The molecule has 1 saturated heterocycles. The molecule has 3 aromatic rings. The van der Waals surface area contributed by atoms with Crippen LogP contribution in [0.4, 0.5) is 11.4 Å². The van der Waals surface area contributed by atoms with Crippen LogP contribution in [-0.4, -0.2) is 55.9 Å². The molecule has 3 aromatic heterocycles. The molecule has 0 atom stereocenters. The second-order valence-electron chi connectivity index (χ2n) is 8.90. The van der Waals surface area contributed by atoms with Crippen LogP contribution in [-0.2, 0) is 4.79 Å². The molecule has 0 radical (unpaired) electrons. The number of pyridine rings is 2. The average Bonchev–Trinajstić information content (AvgIpc) is 3.15. The van der Waals surface area contributed by atoms with E-state index in [4.69, 9.17) is 0 Å². The van der Waals surface area contributed by atoms with Crippen LogP contribution in [0.25, 0.3) is 5.65 Å². The molecule has 9 nitrogen and oxygen atoms in total. The number of hydrogen-bond acceptors (Lipinski definition) is 6. The maximum Gasteiger partial charge on any atom is 0.294 e. The topological polar surface area (TPSA) is 105 Å². The fourth-order valence-corrected chi connectivity index (χ4v) is 3.97. The number of carbonyl (C=O) groups excluding carboxylic acids is 2. The normalized spacial score (nSPS) is 16.1. The lowest BCUT2D eigenvalue weighted by Crippen LogP contribution is -2.41. The third-order valence-corrected chi connectivity index (χ3v) is 6.26. The molecule has 0 unspecified atom stereocenters. The highest BCUT2D eigenvalue weighted by molar-refractivity contribution is 9.10. The van der Waals surface area contributed by atoms with Crippen LogP contribution in [0.3, 0.4) is 0 Å². The largest absolute Gasteiger partial charge is 0.324 e. The van der Waals surface area contributed by atoms with Gasteiger partial charge in [-0.3, -0.25) is 23.9 Å². The van der Waals surface area contributed by atoms with Gasteiger partial charge in [0.15, 0.2) is 5.65 Å². The van der Waals surface area contributed by atoms with E-state index in [-0.39, 0.29) is 11.7 Å². The predicted octanol–water partition coefficient (Wildman–Crippen LogP) is 3.51. The summed E-state index contributed by atoms with van der Waals surface area (Å²) in [6.45, 7) is 8.48. The number of carbonyl (C=O) groups is 2. The number of aromatic nitrogens is 4. The molecule has 2 N–H and O–H groups in total. The number of halogens is 1. The van der Waals surface area contributed by atoms with Crippen LogP contribution in [0.2, 0.25) is 0 Å². The molecule has 4 rings (SSSR count). The zero-order valence-electron chi connectivity index (χ0n) is 18.4. The molecule has 1 fully saturated rings. The minimum Gasteiger partial charge on any atom is -0.324 e. The number of amides is 2. The number of nitrogens with zero attached hydrogens (tertiary/aromatic N) is 5. The molecule has 0 bridgehead atoms. The Morgan fingerprint density at radius 3 is 2.66 bits per heavy atom. The Kier molecular flexibility index (Phi) is 6.25. The number of fused-ring (bicyclic) bond motifs is 1. The van der Waals surface area contributed by atoms with Gasteiger partial charge in [-0.1, -0.05) is 29.8 Å². The van der Waals surface area contributed by atoms with Gasteiger partial charge in [-0.15, -0.1) is 10.2 Å². The molecule has 2 amide bonds.